The minimum absolute atomic E-state index is 0.290. The monoisotopic (exact) mass is 279 g/mol. The van der Waals surface area contributed by atoms with Crippen molar-refractivity contribution in [1.82, 2.24) is 10.2 Å². The first-order valence-electron chi connectivity index (χ1n) is 5.89. The van der Waals surface area contributed by atoms with Crippen molar-refractivity contribution in [1.29, 1.82) is 0 Å². The smallest absolute Gasteiger partial charge is 0.276 e. The molecule has 1 aliphatic heterocycles. The van der Waals surface area contributed by atoms with Gasteiger partial charge in [0.05, 0.1) is 0 Å². The van der Waals surface area contributed by atoms with Crippen molar-refractivity contribution < 1.29 is 13.9 Å². The lowest BCUT2D eigenvalue weighted by Crippen LogP contribution is -2.02. The van der Waals surface area contributed by atoms with E-state index in [2.05, 4.69) is 10.2 Å². The Kier molecular flexibility index (Phi) is 3.56. The standard InChI is InChI=1S/C12H13N3O3S/c13-4-3-11-14-15-12(18-11)19-6-8-1-2-9-10(5-8)17-7-16-9/h1-2,5H,3-4,6-7,13H2. The van der Waals surface area contributed by atoms with Gasteiger partial charge in [-0.15, -0.1) is 10.2 Å². The van der Waals surface area contributed by atoms with E-state index in [0.29, 0.717) is 24.1 Å². The second-order valence-corrected chi connectivity index (χ2v) is 4.90. The lowest BCUT2D eigenvalue weighted by atomic mass is 10.2. The minimum Gasteiger partial charge on any atom is -0.454 e. The Morgan fingerprint density at radius 3 is 3.00 bits per heavy atom. The van der Waals surface area contributed by atoms with E-state index < -0.39 is 0 Å². The van der Waals surface area contributed by atoms with Gasteiger partial charge in [-0.25, -0.2) is 0 Å². The third kappa shape index (κ3) is 2.82. The van der Waals surface area contributed by atoms with Crippen LogP contribution in [-0.2, 0) is 12.2 Å². The predicted octanol–water partition coefficient (Wildman–Crippen LogP) is 1.59. The molecule has 0 aliphatic carbocycles. The number of aromatic nitrogens is 2. The summed E-state index contributed by atoms with van der Waals surface area (Å²) in [6.45, 7) is 0.798. The molecule has 1 aliphatic rings. The summed E-state index contributed by atoms with van der Waals surface area (Å²) < 4.78 is 16.0. The maximum absolute atomic E-state index is 5.44. The molecule has 2 aromatic rings. The zero-order chi connectivity index (χ0) is 13.1. The predicted molar refractivity (Wildman–Crippen MR) is 69.2 cm³/mol. The largest absolute Gasteiger partial charge is 0.454 e. The summed E-state index contributed by atoms with van der Waals surface area (Å²) in [5.74, 6) is 2.89. The zero-order valence-corrected chi connectivity index (χ0v) is 11.0. The molecule has 0 radical (unpaired) electrons. The van der Waals surface area contributed by atoms with E-state index in [1.165, 1.54) is 11.8 Å². The van der Waals surface area contributed by atoms with Crippen LogP contribution in [-0.4, -0.2) is 23.5 Å². The molecule has 0 saturated heterocycles. The van der Waals surface area contributed by atoms with Crippen LogP contribution >= 0.6 is 11.8 Å². The third-order valence-electron chi connectivity index (χ3n) is 2.61. The quantitative estimate of drug-likeness (QED) is 0.832. The highest BCUT2D eigenvalue weighted by Gasteiger charge is 2.14. The van der Waals surface area contributed by atoms with Gasteiger partial charge in [0.1, 0.15) is 0 Å². The lowest BCUT2D eigenvalue weighted by molar-refractivity contribution is 0.174. The van der Waals surface area contributed by atoms with Crippen LogP contribution in [0.15, 0.2) is 27.8 Å². The maximum Gasteiger partial charge on any atom is 0.276 e. The normalized spacial score (nSPS) is 12.9. The fraction of sp³-hybridized carbons (Fsp3) is 0.333. The van der Waals surface area contributed by atoms with Crippen molar-refractivity contribution in [3.63, 3.8) is 0 Å². The molecule has 100 valence electrons. The molecule has 1 aromatic carbocycles. The van der Waals surface area contributed by atoms with E-state index in [-0.39, 0.29) is 6.79 Å². The second-order valence-electron chi connectivity index (χ2n) is 3.98. The van der Waals surface area contributed by atoms with Crippen LogP contribution in [0.3, 0.4) is 0 Å². The van der Waals surface area contributed by atoms with Crippen LogP contribution < -0.4 is 15.2 Å². The first-order valence-corrected chi connectivity index (χ1v) is 6.87. The summed E-state index contributed by atoms with van der Waals surface area (Å²) in [4.78, 5) is 0. The van der Waals surface area contributed by atoms with Crippen LogP contribution in [0.25, 0.3) is 0 Å². The highest BCUT2D eigenvalue weighted by atomic mass is 32.2. The number of rotatable bonds is 5. The average molecular weight is 279 g/mol. The summed E-state index contributed by atoms with van der Waals surface area (Å²) in [7, 11) is 0. The number of hydrogen-bond acceptors (Lipinski definition) is 7. The van der Waals surface area contributed by atoms with Gasteiger partial charge in [-0.2, -0.15) is 0 Å². The number of nitrogens with zero attached hydrogens (tertiary/aromatic N) is 2. The molecule has 0 amide bonds. The maximum atomic E-state index is 5.44. The molecule has 3 rings (SSSR count). The minimum atomic E-state index is 0.290. The Hall–Kier alpha value is -1.73. The van der Waals surface area contributed by atoms with Crippen LogP contribution in [0.5, 0.6) is 11.5 Å². The molecule has 0 unspecified atom stereocenters. The number of hydrogen-bond donors (Lipinski definition) is 1. The molecule has 0 spiro atoms. The Bertz CT molecular complexity index is 573. The summed E-state index contributed by atoms with van der Waals surface area (Å²) >= 11 is 1.49. The van der Waals surface area contributed by atoms with Gasteiger partial charge >= 0.3 is 0 Å². The van der Waals surface area contributed by atoms with Crippen LogP contribution in [0.1, 0.15) is 11.5 Å². The Balaban J connectivity index is 1.62. The van der Waals surface area contributed by atoms with Gasteiger partial charge in [-0.3, -0.25) is 0 Å². The molecule has 2 N–H and O–H groups in total. The number of fused-ring (bicyclic) bond motifs is 1. The van der Waals surface area contributed by atoms with E-state index in [1.807, 2.05) is 18.2 Å². The Morgan fingerprint density at radius 2 is 2.11 bits per heavy atom. The van der Waals surface area contributed by atoms with Gasteiger partial charge in [-0.1, -0.05) is 17.8 Å². The molecule has 0 bridgehead atoms. The van der Waals surface area contributed by atoms with Crippen molar-refractivity contribution in [2.45, 2.75) is 17.4 Å². The summed E-state index contributed by atoms with van der Waals surface area (Å²) in [6, 6.07) is 5.87. The molecule has 7 heteroatoms. The Labute approximate surface area is 114 Å². The van der Waals surface area contributed by atoms with Gasteiger partial charge in [0.25, 0.3) is 5.22 Å². The topological polar surface area (TPSA) is 83.4 Å². The summed E-state index contributed by atoms with van der Waals surface area (Å²) in [5, 5.41) is 8.43. The first-order chi connectivity index (χ1) is 9.35. The van der Waals surface area contributed by atoms with E-state index >= 15 is 0 Å². The third-order valence-corrected chi connectivity index (χ3v) is 3.50. The molecule has 0 atom stereocenters. The number of ether oxygens (including phenoxy) is 2. The number of thioether (sulfide) groups is 1. The van der Waals surface area contributed by atoms with Crippen molar-refractivity contribution in [3.05, 3.63) is 29.7 Å². The van der Waals surface area contributed by atoms with Crippen molar-refractivity contribution in [3.8, 4) is 11.5 Å². The van der Waals surface area contributed by atoms with Gasteiger partial charge < -0.3 is 19.6 Å². The summed E-state index contributed by atoms with van der Waals surface area (Å²) in [5.41, 5.74) is 6.54. The molecule has 2 heterocycles. The van der Waals surface area contributed by atoms with Crippen LogP contribution in [0.4, 0.5) is 0 Å². The molecular weight excluding hydrogens is 266 g/mol. The SMILES string of the molecule is NCCc1nnc(SCc2ccc3c(c2)OCO3)o1. The zero-order valence-electron chi connectivity index (χ0n) is 10.2. The van der Waals surface area contributed by atoms with Crippen molar-refractivity contribution in [2.75, 3.05) is 13.3 Å². The molecule has 6 nitrogen and oxygen atoms in total. The van der Waals surface area contributed by atoms with E-state index in [9.17, 15) is 0 Å². The highest BCUT2D eigenvalue weighted by molar-refractivity contribution is 7.98. The van der Waals surface area contributed by atoms with E-state index in [1.54, 1.807) is 0 Å². The highest BCUT2D eigenvalue weighted by Crippen LogP contribution is 2.34. The van der Waals surface area contributed by atoms with Crippen molar-refractivity contribution in [2.24, 2.45) is 5.73 Å². The first kappa shape index (κ1) is 12.3. The molecule has 0 saturated carbocycles. The molecule has 19 heavy (non-hydrogen) atoms. The summed E-state index contributed by atoms with van der Waals surface area (Å²) in [6.07, 6.45) is 0.609. The number of benzene rings is 1. The van der Waals surface area contributed by atoms with E-state index in [4.69, 9.17) is 19.6 Å². The van der Waals surface area contributed by atoms with Crippen LogP contribution in [0, 0.1) is 0 Å². The lowest BCUT2D eigenvalue weighted by Gasteiger charge is -2.00. The van der Waals surface area contributed by atoms with Crippen molar-refractivity contribution >= 4 is 11.8 Å². The molecular formula is C12H13N3O3S. The second kappa shape index (κ2) is 5.50. The van der Waals surface area contributed by atoms with Gasteiger partial charge in [0, 0.05) is 18.7 Å². The molecule has 0 fully saturated rings. The Morgan fingerprint density at radius 1 is 1.21 bits per heavy atom. The fourth-order valence-electron chi connectivity index (χ4n) is 1.70. The van der Waals surface area contributed by atoms with Gasteiger partial charge in [0.15, 0.2) is 11.5 Å². The fourth-order valence-corrected chi connectivity index (χ4v) is 2.42. The van der Waals surface area contributed by atoms with Gasteiger partial charge in [-0.05, 0) is 17.7 Å². The van der Waals surface area contributed by atoms with Crippen LogP contribution in [0.2, 0.25) is 0 Å². The number of nitrogens with two attached hydrogens (primary N) is 1. The average Bonchev–Trinajstić information content (AvgIpc) is 3.04. The molecule has 1 aromatic heterocycles. The van der Waals surface area contributed by atoms with E-state index in [0.717, 1.165) is 22.8 Å². The van der Waals surface area contributed by atoms with Gasteiger partial charge in [0.2, 0.25) is 12.7 Å².